The number of thiophene rings is 1. The molecule has 136 valence electrons. The van der Waals surface area contributed by atoms with Crippen LogP contribution in [0.1, 0.15) is 37.1 Å². The molecule has 1 saturated heterocycles. The Morgan fingerprint density at radius 1 is 1.42 bits per heavy atom. The lowest BCUT2D eigenvalue weighted by Crippen LogP contribution is -2.43. The van der Waals surface area contributed by atoms with Crippen molar-refractivity contribution >= 4 is 35.7 Å². The van der Waals surface area contributed by atoms with Crippen molar-refractivity contribution in [3.8, 4) is 0 Å². The third-order valence-electron chi connectivity index (χ3n) is 4.23. The summed E-state index contributed by atoms with van der Waals surface area (Å²) in [7, 11) is 0. The second-order valence-corrected chi connectivity index (χ2v) is 6.89. The minimum absolute atomic E-state index is 0. The first-order valence-electron chi connectivity index (χ1n) is 8.18. The summed E-state index contributed by atoms with van der Waals surface area (Å²) < 4.78 is 0. The van der Waals surface area contributed by atoms with E-state index in [4.69, 9.17) is 5.73 Å². The van der Waals surface area contributed by atoms with Crippen molar-refractivity contribution in [3.05, 3.63) is 22.4 Å². The summed E-state index contributed by atoms with van der Waals surface area (Å²) in [6, 6.07) is 2.90. The molecule has 0 aliphatic carbocycles. The fourth-order valence-corrected chi connectivity index (χ4v) is 3.70. The predicted molar refractivity (Wildman–Crippen MR) is 99.5 cm³/mol. The Kier molecular flexibility index (Phi) is 9.10. The molecule has 1 atom stereocenters. The molecule has 4 N–H and O–H groups in total. The molecule has 0 radical (unpaired) electrons. The Balaban J connectivity index is 0.00000288. The van der Waals surface area contributed by atoms with E-state index in [9.17, 15) is 9.59 Å². The molecule has 1 aromatic heterocycles. The third kappa shape index (κ3) is 6.30. The van der Waals surface area contributed by atoms with E-state index in [-0.39, 0.29) is 30.8 Å². The zero-order chi connectivity index (χ0) is 16.7. The first kappa shape index (κ1) is 20.7. The highest BCUT2D eigenvalue weighted by molar-refractivity contribution is 7.10. The lowest BCUT2D eigenvalue weighted by molar-refractivity contribution is -0.133. The summed E-state index contributed by atoms with van der Waals surface area (Å²) in [6.07, 6.45) is 2.33. The maximum Gasteiger partial charge on any atom is 0.312 e. The Labute approximate surface area is 153 Å². The smallest absolute Gasteiger partial charge is 0.312 e. The maximum atomic E-state index is 12.5. The minimum Gasteiger partial charge on any atom is -0.352 e. The van der Waals surface area contributed by atoms with Crippen molar-refractivity contribution in [1.29, 1.82) is 0 Å². The molecule has 0 bridgehead atoms. The molecule has 1 aromatic rings. The van der Waals surface area contributed by atoms with Crippen molar-refractivity contribution in [2.45, 2.75) is 32.2 Å². The fourth-order valence-electron chi connectivity index (χ4n) is 2.92. The van der Waals surface area contributed by atoms with Crippen molar-refractivity contribution in [1.82, 2.24) is 15.5 Å². The van der Waals surface area contributed by atoms with Crippen LogP contribution in [0, 0.1) is 5.92 Å². The van der Waals surface area contributed by atoms with Gasteiger partial charge in [-0.2, -0.15) is 0 Å². The normalized spacial score (nSPS) is 16.3. The van der Waals surface area contributed by atoms with E-state index in [1.807, 2.05) is 22.4 Å². The van der Waals surface area contributed by atoms with Crippen LogP contribution >= 0.6 is 23.7 Å². The van der Waals surface area contributed by atoms with Crippen molar-refractivity contribution in [2.24, 2.45) is 11.7 Å². The number of urea groups is 1. The number of halogens is 1. The van der Waals surface area contributed by atoms with Crippen LogP contribution in [-0.4, -0.2) is 43.0 Å². The number of primary amides is 1. The zero-order valence-electron chi connectivity index (χ0n) is 14.0. The van der Waals surface area contributed by atoms with Crippen LogP contribution in [0.25, 0.3) is 0 Å². The molecule has 1 fully saturated rings. The SMILES string of the molecule is CCNCC1CCN(C(=O)CC(NC(N)=O)c2cccs2)CC1.Cl. The molecule has 0 spiro atoms. The molecule has 1 unspecified atom stereocenters. The van der Waals surface area contributed by atoms with Gasteiger partial charge in [0, 0.05) is 18.0 Å². The van der Waals surface area contributed by atoms with E-state index in [0.29, 0.717) is 5.92 Å². The summed E-state index contributed by atoms with van der Waals surface area (Å²) in [6.45, 7) is 5.71. The van der Waals surface area contributed by atoms with Crippen LogP contribution < -0.4 is 16.4 Å². The summed E-state index contributed by atoms with van der Waals surface area (Å²) in [4.78, 5) is 26.6. The summed E-state index contributed by atoms with van der Waals surface area (Å²) in [5.41, 5.74) is 5.24. The molecule has 24 heavy (non-hydrogen) atoms. The standard InChI is InChI=1S/C16H26N4O2S.ClH/c1-2-18-11-12-5-7-20(8-6-12)15(21)10-13(19-16(17)22)14-4-3-9-23-14;/h3-4,9,12-13,18H,2,5-8,10-11H2,1H3,(H3,17,19,22);1H. The van der Waals surface area contributed by atoms with Gasteiger partial charge in [0.1, 0.15) is 0 Å². The van der Waals surface area contributed by atoms with Gasteiger partial charge in [-0.05, 0) is 43.3 Å². The Hall–Kier alpha value is -1.31. The molecule has 8 heteroatoms. The molecule has 2 heterocycles. The number of nitrogens with zero attached hydrogens (tertiary/aromatic N) is 1. The number of amides is 3. The van der Waals surface area contributed by atoms with E-state index >= 15 is 0 Å². The molecule has 2 rings (SSSR count). The molecule has 1 aliphatic rings. The quantitative estimate of drug-likeness (QED) is 0.683. The van der Waals surface area contributed by atoms with Crippen molar-refractivity contribution in [3.63, 3.8) is 0 Å². The first-order chi connectivity index (χ1) is 11.1. The second kappa shape index (κ2) is 10.5. The fraction of sp³-hybridized carbons (Fsp3) is 0.625. The number of nitrogens with two attached hydrogens (primary N) is 1. The third-order valence-corrected chi connectivity index (χ3v) is 5.22. The van der Waals surface area contributed by atoms with E-state index in [1.54, 1.807) is 0 Å². The van der Waals surface area contributed by atoms with Crippen molar-refractivity contribution in [2.75, 3.05) is 26.2 Å². The molecular formula is C16H27ClN4O2S. The number of piperidine rings is 1. The maximum absolute atomic E-state index is 12.5. The largest absolute Gasteiger partial charge is 0.352 e. The van der Waals surface area contributed by atoms with Crippen LogP contribution in [-0.2, 0) is 4.79 Å². The summed E-state index contributed by atoms with van der Waals surface area (Å²) in [5, 5.41) is 7.98. The number of likely N-dealkylation sites (tertiary alicyclic amines) is 1. The number of carbonyl (C=O) groups excluding carboxylic acids is 2. The van der Waals surface area contributed by atoms with Gasteiger partial charge in [0.05, 0.1) is 12.5 Å². The van der Waals surface area contributed by atoms with Gasteiger partial charge in [-0.3, -0.25) is 4.79 Å². The van der Waals surface area contributed by atoms with Gasteiger partial charge < -0.3 is 21.3 Å². The van der Waals surface area contributed by atoms with Crippen LogP contribution in [0.15, 0.2) is 17.5 Å². The summed E-state index contributed by atoms with van der Waals surface area (Å²) in [5.74, 6) is 0.731. The van der Waals surface area contributed by atoms with Gasteiger partial charge in [0.2, 0.25) is 5.91 Å². The Morgan fingerprint density at radius 3 is 2.67 bits per heavy atom. The predicted octanol–water partition coefficient (Wildman–Crippen LogP) is 2.12. The lowest BCUT2D eigenvalue weighted by atomic mass is 9.96. The average molecular weight is 375 g/mol. The average Bonchev–Trinajstić information content (AvgIpc) is 3.06. The van der Waals surface area contributed by atoms with Crippen LogP contribution in [0.3, 0.4) is 0 Å². The van der Waals surface area contributed by atoms with Gasteiger partial charge in [-0.1, -0.05) is 13.0 Å². The van der Waals surface area contributed by atoms with Gasteiger partial charge in [-0.25, -0.2) is 4.79 Å². The van der Waals surface area contributed by atoms with E-state index in [1.165, 1.54) is 11.3 Å². The van der Waals surface area contributed by atoms with Gasteiger partial charge in [0.15, 0.2) is 0 Å². The van der Waals surface area contributed by atoms with Crippen LogP contribution in [0.5, 0.6) is 0 Å². The topological polar surface area (TPSA) is 87.5 Å². The number of rotatable bonds is 7. The van der Waals surface area contributed by atoms with Crippen molar-refractivity contribution < 1.29 is 9.59 Å². The highest BCUT2D eigenvalue weighted by Gasteiger charge is 2.26. The van der Waals surface area contributed by atoms with E-state index in [2.05, 4.69) is 17.6 Å². The van der Waals surface area contributed by atoms with Gasteiger partial charge in [0.25, 0.3) is 0 Å². The highest BCUT2D eigenvalue weighted by atomic mass is 35.5. The number of carbonyl (C=O) groups is 2. The van der Waals surface area contributed by atoms with Crippen LogP contribution in [0.4, 0.5) is 4.79 Å². The number of hydrogen-bond donors (Lipinski definition) is 3. The number of hydrogen-bond acceptors (Lipinski definition) is 4. The molecule has 0 saturated carbocycles. The van der Waals surface area contributed by atoms with E-state index in [0.717, 1.165) is 43.9 Å². The van der Waals surface area contributed by atoms with E-state index < -0.39 is 6.03 Å². The zero-order valence-corrected chi connectivity index (χ0v) is 15.6. The van der Waals surface area contributed by atoms with Gasteiger partial charge in [-0.15, -0.1) is 23.7 Å². The highest BCUT2D eigenvalue weighted by Crippen LogP contribution is 2.24. The minimum atomic E-state index is -0.597. The molecule has 0 aromatic carbocycles. The first-order valence-corrected chi connectivity index (χ1v) is 9.06. The monoisotopic (exact) mass is 374 g/mol. The lowest BCUT2D eigenvalue weighted by Gasteiger charge is -2.33. The molecular weight excluding hydrogens is 348 g/mol. The van der Waals surface area contributed by atoms with Gasteiger partial charge >= 0.3 is 6.03 Å². The molecule has 1 aliphatic heterocycles. The van der Waals surface area contributed by atoms with Crippen LogP contribution in [0.2, 0.25) is 0 Å². The molecule has 3 amide bonds. The summed E-state index contributed by atoms with van der Waals surface area (Å²) >= 11 is 1.52. The number of nitrogens with one attached hydrogen (secondary N) is 2. The Bertz CT molecular complexity index is 504. The second-order valence-electron chi connectivity index (χ2n) is 5.91. The molecule has 6 nitrogen and oxygen atoms in total. The Morgan fingerprint density at radius 2 is 2.12 bits per heavy atom.